The van der Waals surface area contributed by atoms with Crippen LogP contribution in [0.3, 0.4) is 0 Å². The van der Waals surface area contributed by atoms with E-state index in [-0.39, 0.29) is 18.1 Å². The molecule has 1 aromatic heterocycles. The molecular weight excluding hydrogens is 278 g/mol. The summed E-state index contributed by atoms with van der Waals surface area (Å²) < 4.78 is 0. The van der Waals surface area contributed by atoms with Crippen LogP contribution in [0.5, 0.6) is 0 Å². The van der Waals surface area contributed by atoms with Gasteiger partial charge in [-0.05, 0) is 32.3 Å². The zero-order valence-corrected chi connectivity index (χ0v) is 13.3. The van der Waals surface area contributed by atoms with E-state index >= 15 is 0 Å². The van der Waals surface area contributed by atoms with E-state index in [0.29, 0.717) is 5.82 Å². The van der Waals surface area contributed by atoms with Crippen molar-refractivity contribution in [3.8, 4) is 0 Å². The van der Waals surface area contributed by atoms with Crippen molar-refractivity contribution in [3.63, 3.8) is 0 Å². The van der Waals surface area contributed by atoms with Gasteiger partial charge in [0, 0.05) is 6.04 Å². The smallest absolute Gasteiger partial charge is 0.315 e. The van der Waals surface area contributed by atoms with E-state index in [9.17, 15) is 4.79 Å². The number of nitrogens with one attached hydrogen (secondary N) is 3. The highest BCUT2D eigenvalue weighted by molar-refractivity contribution is 5.74. The summed E-state index contributed by atoms with van der Waals surface area (Å²) in [6.07, 6.45) is 3.12. The fourth-order valence-corrected chi connectivity index (χ4v) is 2.22. The van der Waals surface area contributed by atoms with Gasteiger partial charge in [0.15, 0.2) is 0 Å². The van der Waals surface area contributed by atoms with Crippen LogP contribution in [0.1, 0.15) is 43.3 Å². The molecule has 0 saturated carbocycles. The third-order valence-electron chi connectivity index (χ3n) is 3.62. The fourth-order valence-electron chi connectivity index (χ4n) is 2.22. The minimum absolute atomic E-state index is 0.102. The monoisotopic (exact) mass is 301 g/mol. The second-order valence-electron chi connectivity index (χ2n) is 5.51. The molecule has 1 aromatic carbocycles. The molecule has 0 radical (unpaired) electrons. The van der Waals surface area contributed by atoms with E-state index < -0.39 is 0 Å². The van der Waals surface area contributed by atoms with Gasteiger partial charge in [-0.2, -0.15) is 5.10 Å². The Bertz CT molecular complexity index is 579. The van der Waals surface area contributed by atoms with Crippen LogP contribution >= 0.6 is 0 Å². The average Bonchev–Trinajstić information content (AvgIpc) is 3.03. The van der Waals surface area contributed by atoms with Crippen molar-refractivity contribution >= 4 is 6.03 Å². The van der Waals surface area contributed by atoms with Gasteiger partial charge in [0.25, 0.3) is 0 Å². The summed E-state index contributed by atoms with van der Waals surface area (Å²) in [6.45, 7) is 6.00. The minimum atomic E-state index is -0.209. The summed E-state index contributed by atoms with van der Waals surface area (Å²) in [5.41, 5.74) is 2.46. The second kappa shape index (κ2) is 7.59. The topological polar surface area (TPSA) is 82.7 Å². The van der Waals surface area contributed by atoms with Gasteiger partial charge in [0.2, 0.25) is 0 Å². The van der Waals surface area contributed by atoms with Gasteiger partial charge in [-0.3, -0.25) is 5.10 Å². The van der Waals surface area contributed by atoms with Crippen molar-refractivity contribution in [1.82, 2.24) is 25.8 Å². The molecule has 0 fully saturated rings. The molecule has 0 spiro atoms. The summed E-state index contributed by atoms with van der Waals surface area (Å²) in [5, 5.41) is 12.4. The Hall–Kier alpha value is -2.37. The number of hydrogen-bond acceptors (Lipinski definition) is 3. The third kappa shape index (κ3) is 4.58. The van der Waals surface area contributed by atoms with E-state index in [4.69, 9.17) is 0 Å². The Morgan fingerprint density at radius 1 is 1.27 bits per heavy atom. The van der Waals surface area contributed by atoms with Gasteiger partial charge in [-0.15, -0.1) is 0 Å². The molecule has 22 heavy (non-hydrogen) atoms. The number of carbonyl (C=O) groups is 1. The molecular formula is C16H23N5O. The molecule has 2 amide bonds. The van der Waals surface area contributed by atoms with Crippen molar-refractivity contribution in [1.29, 1.82) is 0 Å². The van der Waals surface area contributed by atoms with Crippen molar-refractivity contribution < 1.29 is 4.79 Å². The quantitative estimate of drug-likeness (QED) is 0.766. The van der Waals surface area contributed by atoms with Crippen LogP contribution in [-0.2, 0) is 6.42 Å². The highest BCUT2D eigenvalue weighted by Crippen LogP contribution is 2.09. The predicted molar refractivity (Wildman–Crippen MR) is 85.4 cm³/mol. The number of amides is 2. The van der Waals surface area contributed by atoms with Crippen molar-refractivity contribution in [2.45, 2.75) is 45.7 Å². The minimum Gasteiger partial charge on any atom is -0.335 e. The lowest BCUT2D eigenvalue weighted by Gasteiger charge is -2.19. The number of urea groups is 1. The molecule has 0 aliphatic carbocycles. The number of rotatable bonds is 6. The number of aromatic nitrogens is 3. The maximum absolute atomic E-state index is 12.1. The number of aryl methyl sites for hydroxylation is 1. The van der Waals surface area contributed by atoms with Gasteiger partial charge in [0.1, 0.15) is 12.2 Å². The van der Waals surface area contributed by atoms with Crippen LogP contribution in [0.4, 0.5) is 4.79 Å². The SMILES string of the molecule is CC[C@H](Cc1ccc(C)cc1)NC(=O)N[C@H](C)c1ncn[nH]1. The molecule has 2 atom stereocenters. The molecule has 0 aliphatic rings. The lowest BCUT2D eigenvalue weighted by molar-refractivity contribution is 0.233. The molecule has 118 valence electrons. The molecule has 0 saturated heterocycles. The van der Waals surface area contributed by atoms with Crippen molar-refractivity contribution in [2.24, 2.45) is 0 Å². The zero-order chi connectivity index (χ0) is 15.9. The van der Waals surface area contributed by atoms with E-state index in [1.807, 2.05) is 6.92 Å². The van der Waals surface area contributed by atoms with Crippen LogP contribution < -0.4 is 10.6 Å². The Balaban J connectivity index is 1.86. The summed E-state index contributed by atoms with van der Waals surface area (Å²) in [4.78, 5) is 16.1. The maximum Gasteiger partial charge on any atom is 0.315 e. The second-order valence-corrected chi connectivity index (χ2v) is 5.51. The standard InChI is InChI=1S/C16H23N5O/c1-4-14(9-13-7-5-11(2)6-8-13)20-16(22)19-12(3)15-17-10-18-21-15/h5-8,10,12,14H,4,9H2,1-3H3,(H,17,18,21)(H2,19,20,22)/t12-,14-/m1/s1. The number of hydrogen-bond donors (Lipinski definition) is 3. The van der Waals surface area contributed by atoms with Gasteiger partial charge in [0.05, 0.1) is 6.04 Å². The number of carbonyl (C=O) groups excluding carboxylic acids is 1. The first kappa shape index (κ1) is 16.0. The normalized spacial score (nSPS) is 13.4. The van der Waals surface area contributed by atoms with Crippen LogP contribution in [0.15, 0.2) is 30.6 Å². The number of aromatic amines is 1. The molecule has 1 heterocycles. The van der Waals surface area contributed by atoms with Crippen LogP contribution in [0.2, 0.25) is 0 Å². The lowest BCUT2D eigenvalue weighted by Crippen LogP contribution is -2.43. The van der Waals surface area contributed by atoms with Gasteiger partial charge < -0.3 is 10.6 Å². The third-order valence-corrected chi connectivity index (χ3v) is 3.62. The van der Waals surface area contributed by atoms with Crippen LogP contribution in [-0.4, -0.2) is 27.3 Å². The van der Waals surface area contributed by atoms with E-state index in [2.05, 4.69) is 63.9 Å². The van der Waals surface area contributed by atoms with Gasteiger partial charge >= 0.3 is 6.03 Å². The molecule has 2 aromatic rings. The maximum atomic E-state index is 12.1. The largest absolute Gasteiger partial charge is 0.335 e. The summed E-state index contributed by atoms with van der Waals surface area (Å²) in [5.74, 6) is 0.640. The summed E-state index contributed by atoms with van der Waals surface area (Å²) in [6, 6.07) is 8.10. The van der Waals surface area contributed by atoms with E-state index in [0.717, 1.165) is 12.8 Å². The number of H-pyrrole nitrogens is 1. The average molecular weight is 301 g/mol. The highest BCUT2D eigenvalue weighted by atomic mass is 16.2. The van der Waals surface area contributed by atoms with E-state index in [1.54, 1.807) is 0 Å². The molecule has 0 bridgehead atoms. The van der Waals surface area contributed by atoms with Crippen LogP contribution in [0.25, 0.3) is 0 Å². The zero-order valence-electron chi connectivity index (χ0n) is 13.3. The van der Waals surface area contributed by atoms with Gasteiger partial charge in [-0.25, -0.2) is 9.78 Å². The van der Waals surface area contributed by atoms with Crippen molar-refractivity contribution in [2.75, 3.05) is 0 Å². The fraction of sp³-hybridized carbons (Fsp3) is 0.438. The molecule has 2 rings (SSSR count). The Labute approximate surface area is 130 Å². The molecule has 6 nitrogen and oxygen atoms in total. The molecule has 6 heteroatoms. The predicted octanol–water partition coefficient (Wildman–Crippen LogP) is 2.49. The van der Waals surface area contributed by atoms with Gasteiger partial charge in [-0.1, -0.05) is 36.8 Å². The molecule has 0 unspecified atom stereocenters. The summed E-state index contributed by atoms with van der Waals surface area (Å²) in [7, 11) is 0. The lowest BCUT2D eigenvalue weighted by atomic mass is 10.0. The Kier molecular flexibility index (Phi) is 5.52. The van der Waals surface area contributed by atoms with E-state index in [1.165, 1.54) is 17.5 Å². The molecule has 3 N–H and O–H groups in total. The first-order chi connectivity index (χ1) is 10.6. The molecule has 0 aliphatic heterocycles. The summed E-state index contributed by atoms with van der Waals surface area (Å²) >= 11 is 0. The van der Waals surface area contributed by atoms with Crippen LogP contribution in [0, 0.1) is 6.92 Å². The number of benzene rings is 1. The highest BCUT2D eigenvalue weighted by Gasteiger charge is 2.15. The number of nitrogens with zero attached hydrogens (tertiary/aromatic N) is 2. The Morgan fingerprint density at radius 2 is 2.00 bits per heavy atom. The Morgan fingerprint density at radius 3 is 2.59 bits per heavy atom. The first-order valence-corrected chi connectivity index (χ1v) is 7.56. The first-order valence-electron chi connectivity index (χ1n) is 7.56. The van der Waals surface area contributed by atoms with Crippen molar-refractivity contribution in [3.05, 3.63) is 47.5 Å².